The lowest BCUT2D eigenvalue weighted by Crippen LogP contribution is -2.09. The van der Waals surface area contributed by atoms with Crippen molar-refractivity contribution in [2.75, 3.05) is 6.61 Å². The molecule has 1 aliphatic carbocycles. The Kier molecular flexibility index (Phi) is 5.32. The molecule has 8 heteroatoms. The molecule has 0 amide bonds. The van der Waals surface area contributed by atoms with Crippen molar-refractivity contribution in [2.45, 2.75) is 32.6 Å². The van der Waals surface area contributed by atoms with Gasteiger partial charge in [0.2, 0.25) is 0 Å². The van der Waals surface area contributed by atoms with Crippen LogP contribution in [0.4, 0.5) is 10.7 Å². The molecule has 0 atom stereocenters. The first-order valence-electron chi connectivity index (χ1n) is 8.34. The molecule has 0 radical (unpaired) electrons. The fourth-order valence-corrected chi connectivity index (χ4v) is 4.16. The van der Waals surface area contributed by atoms with Gasteiger partial charge in [0.1, 0.15) is 10.8 Å². The first-order valence-corrected chi connectivity index (χ1v) is 9.16. The number of benzene rings is 1. The highest BCUT2D eigenvalue weighted by Gasteiger charge is 2.26. The third-order valence-electron chi connectivity index (χ3n) is 4.18. The number of fused-ring (bicyclic) bond motifs is 1. The molecule has 136 valence electrons. The van der Waals surface area contributed by atoms with Gasteiger partial charge in [-0.25, -0.2) is 9.79 Å². The summed E-state index contributed by atoms with van der Waals surface area (Å²) in [4.78, 5) is 28.3. The summed E-state index contributed by atoms with van der Waals surface area (Å²) in [6, 6.07) is 3.72. The third kappa shape index (κ3) is 3.60. The Balaban J connectivity index is 2.01. The lowest BCUT2D eigenvalue weighted by molar-refractivity contribution is -0.384. The fourth-order valence-electron chi connectivity index (χ4n) is 2.94. The van der Waals surface area contributed by atoms with Gasteiger partial charge in [0, 0.05) is 28.8 Å². The minimum Gasteiger partial charge on any atom is -0.507 e. The number of carbonyl (C=O) groups is 1. The molecule has 1 heterocycles. The highest BCUT2D eigenvalue weighted by Crippen LogP contribution is 2.40. The monoisotopic (exact) mass is 374 g/mol. The number of nitro benzene ring substituents is 1. The van der Waals surface area contributed by atoms with E-state index in [9.17, 15) is 20.0 Å². The van der Waals surface area contributed by atoms with E-state index in [0.717, 1.165) is 36.1 Å². The van der Waals surface area contributed by atoms with Crippen LogP contribution in [0.5, 0.6) is 5.75 Å². The van der Waals surface area contributed by atoms with Crippen LogP contribution in [0.25, 0.3) is 0 Å². The zero-order valence-electron chi connectivity index (χ0n) is 14.2. The average Bonchev–Trinajstić information content (AvgIpc) is 2.99. The molecular formula is C18H18N2O5S. The second kappa shape index (κ2) is 7.65. The van der Waals surface area contributed by atoms with Crippen molar-refractivity contribution in [3.8, 4) is 5.75 Å². The fraction of sp³-hybridized carbons (Fsp3) is 0.333. The summed E-state index contributed by atoms with van der Waals surface area (Å²) in [5.41, 5.74) is 1.56. The Bertz CT molecular complexity index is 888. The topological polar surface area (TPSA) is 102 Å². The first-order chi connectivity index (χ1) is 12.5. The number of esters is 1. The normalized spacial score (nSPS) is 13.6. The molecule has 26 heavy (non-hydrogen) atoms. The standard InChI is InChI=1S/C18H18N2O5S/c1-2-25-18(22)16-13-5-3-4-6-15(13)26-17(16)19-10-11-9-12(20(23)24)7-8-14(11)21/h7-10,21H,2-6H2,1H3/b19-10+. The van der Waals surface area contributed by atoms with Crippen LogP contribution in [0.1, 0.15) is 46.1 Å². The second-order valence-electron chi connectivity index (χ2n) is 5.87. The van der Waals surface area contributed by atoms with Gasteiger partial charge in [0.25, 0.3) is 5.69 Å². The maximum atomic E-state index is 12.4. The lowest BCUT2D eigenvalue weighted by Gasteiger charge is -2.11. The number of hydrogen-bond donors (Lipinski definition) is 1. The Hall–Kier alpha value is -2.74. The number of phenolic OH excluding ortho intramolecular Hbond substituents is 1. The Morgan fingerprint density at radius 1 is 1.42 bits per heavy atom. The van der Waals surface area contributed by atoms with Gasteiger partial charge < -0.3 is 9.84 Å². The number of carbonyl (C=O) groups excluding carboxylic acids is 1. The molecule has 1 aliphatic rings. The summed E-state index contributed by atoms with van der Waals surface area (Å²) in [5, 5.41) is 21.3. The summed E-state index contributed by atoms with van der Waals surface area (Å²) in [5.74, 6) is -0.513. The molecular weight excluding hydrogens is 356 g/mol. The Morgan fingerprint density at radius 2 is 2.19 bits per heavy atom. The molecule has 2 aromatic rings. The van der Waals surface area contributed by atoms with Crippen LogP contribution in [-0.4, -0.2) is 28.8 Å². The van der Waals surface area contributed by atoms with E-state index in [1.54, 1.807) is 6.92 Å². The highest BCUT2D eigenvalue weighted by atomic mass is 32.1. The molecule has 0 fully saturated rings. The lowest BCUT2D eigenvalue weighted by atomic mass is 9.95. The predicted octanol–water partition coefficient (Wildman–Crippen LogP) is 4.17. The SMILES string of the molecule is CCOC(=O)c1c(/N=C/c2cc([N+](=O)[O-])ccc2O)sc2c1CCCC2. The maximum absolute atomic E-state index is 12.4. The molecule has 0 aliphatic heterocycles. The number of aliphatic imine (C=N–C) groups is 1. The smallest absolute Gasteiger partial charge is 0.341 e. The largest absolute Gasteiger partial charge is 0.507 e. The van der Waals surface area contributed by atoms with E-state index >= 15 is 0 Å². The van der Waals surface area contributed by atoms with Gasteiger partial charge in [-0.05, 0) is 44.2 Å². The zero-order chi connectivity index (χ0) is 18.7. The first kappa shape index (κ1) is 18.1. The summed E-state index contributed by atoms with van der Waals surface area (Å²) < 4.78 is 5.17. The summed E-state index contributed by atoms with van der Waals surface area (Å²) in [6.45, 7) is 2.03. The number of nitrogens with zero attached hydrogens (tertiary/aromatic N) is 2. The van der Waals surface area contributed by atoms with E-state index in [4.69, 9.17) is 4.74 Å². The van der Waals surface area contributed by atoms with Crippen molar-refractivity contribution >= 4 is 34.2 Å². The highest BCUT2D eigenvalue weighted by molar-refractivity contribution is 7.16. The van der Waals surface area contributed by atoms with Gasteiger partial charge in [-0.15, -0.1) is 11.3 Å². The van der Waals surface area contributed by atoms with Crippen molar-refractivity contribution in [3.63, 3.8) is 0 Å². The average molecular weight is 374 g/mol. The molecule has 3 rings (SSSR count). The summed E-state index contributed by atoms with van der Waals surface area (Å²) >= 11 is 1.44. The number of non-ortho nitro benzene ring substituents is 1. The van der Waals surface area contributed by atoms with Crippen LogP contribution < -0.4 is 0 Å². The molecule has 0 spiro atoms. The van der Waals surface area contributed by atoms with E-state index in [-0.39, 0.29) is 23.6 Å². The van der Waals surface area contributed by atoms with Crippen LogP contribution in [0.3, 0.4) is 0 Å². The van der Waals surface area contributed by atoms with Crippen LogP contribution in [0.2, 0.25) is 0 Å². The quantitative estimate of drug-likeness (QED) is 0.366. The molecule has 0 bridgehead atoms. The summed E-state index contributed by atoms with van der Waals surface area (Å²) in [6.07, 6.45) is 5.17. The number of aryl methyl sites for hydroxylation is 1. The van der Waals surface area contributed by atoms with Gasteiger partial charge in [0.15, 0.2) is 0 Å². The number of aromatic hydroxyl groups is 1. The number of thiophene rings is 1. The van der Waals surface area contributed by atoms with Crippen molar-refractivity contribution in [1.82, 2.24) is 0 Å². The maximum Gasteiger partial charge on any atom is 0.341 e. The molecule has 1 N–H and O–H groups in total. The van der Waals surface area contributed by atoms with E-state index in [0.29, 0.717) is 10.6 Å². The van der Waals surface area contributed by atoms with E-state index in [2.05, 4.69) is 4.99 Å². The molecule has 1 aromatic heterocycles. The minimum atomic E-state index is -0.537. The zero-order valence-corrected chi connectivity index (χ0v) is 15.0. The Morgan fingerprint density at radius 3 is 2.92 bits per heavy atom. The molecule has 7 nitrogen and oxygen atoms in total. The van der Waals surface area contributed by atoms with Crippen molar-refractivity contribution in [3.05, 3.63) is 49.9 Å². The van der Waals surface area contributed by atoms with E-state index in [1.807, 2.05) is 0 Å². The number of phenols is 1. The van der Waals surface area contributed by atoms with Crippen LogP contribution >= 0.6 is 11.3 Å². The molecule has 0 saturated heterocycles. The van der Waals surface area contributed by atoms with Crippen molar-refractivity contribution in [2.24, 2.45) is 4.99 Å². The number of nitro groups is 1. The predicted molar refractivity (Wildman–Crippen MR) is 98.9 cm³/mol. The second-order valence-corrected chi connectivity index (χ2v) is 6.95. The number of ether oxygens (including phenoxy) is 1. The molecule has 0 saturated carbocycles. The minimum absolute atomic E-state index is 0.113. The summed E-state index contributed by atoms with van der Waals surface area (Å²) in [7, 11) is 0. The van der Waals surface area contributed by atoms with E-state index < -0.39 is 10.9 Å². The van der Waals surface area contributed by atoms with Crippen molar-refractivity contribution < 1.29 is 19.6 Å². The van der Waals surface area contributed by atoms with Gasteiger partial charge >= 0.3 is 5.97 Å². The van der Waals surface area contributed by atoms with E-state index in [1.165, 1.54) is 35.8 Å². The van der Waals surface area contributed by atoms with Crippen LogP contribution in [0.15, 0.2) is 23.2 Å². The number of rotatable bonds is 5. The number of hydrogen-bond acceptors (Lipinski definition) is 7. The Labute approximate surface area is 154 Å². The van der Waals surface area contributed by atoms with Gasteiger partial charge in [-0.3, -0.25) is 10.1 Å². The molecule has 0 unspecified atom stereocenters. The van der Waals surface area contributed by atoms with Gasteiger partial charge in [-0.1, -0.05) is 0 Å². The van der Waals surface area contributed by atoms with Crippen LogP contribution in [0, 0.1) is 10.1 Å². The molecule has 1 aromatic carbocycles. The van der Waals surface area contributed by atoms with Gasteiger partial charge in [-0.2, -0.15) is 0 Å². The van der Waals surface area contributed by atoms with Gasteiger partial charge in [0.05, 0.1) is 17.1 Å². The van der Waals surface area contributed by atoms with Crippen LogP contribution in [-0.2, 0) is 17.6 Å². The third-order valence-corrected chi connectivity index (χ3v) is 5.37. The van der Waals surface area contributed by atoms with Crippen molar-refractivity contribution in [1.29, 1.82) is 0 Å².